The van der Waals surface area contributed by atoms with Gasteiger partial charge in [0.2, 0.25) is 0 Å². The summed E-state index contributed by atoms with van der Waals surface area (Å²) >= 11 is 18.8. The Morgan fingerprint density at radius 3 is 2.35 bits per heavy atom. The largest absolute Gasteiger partial charge is 0.355 e. The number of nitrogens with zero attached hydrogens (tertiary/aromatic N) is 2. The first-order valence-corrected chi connectivity index (χ1v) is 11.7. The number of hydrazine groups is 1. The van der Waals surface area contributed by atoms with E-state index in [1.54, 1.807) is 6.07 Å². The average molecular weight is 480 g/mol. The summed E-state index contributed by atoms with van der Waals surface area (Å²) in [5.74, 6) is -0.134. The van der Waals surface area contributed by atoms with E-state index in [4.69, 9.17) is 34.8 Å². The fourth-order valence-corrected chi connectivity index (χ4v) is 4.79. The van der Waals surface area contributed by atoms with Crippen molar-refractivity contribution in [1.82, 2.24) is 15.8 Å². The molecule has 4 rings (SSSR count). The Labute approximate surface area is 197 Å². The van der Waals surface area contributed by atoms with Crippen LogP contribution in [0.5, 0.6) is 0 Å². The molecule has 31 heavy (non-hydrogen) atoms. The summed E-state index contributed by atoms with van der Waals surface area (Å²) < 4.78 is 0. The number of rotatable bonds is 5. The van der Waals surface area contributed by atoms with Gasteiger partial charge in [0.1, 0.15) is 11.9 Å². The zero-order valence-electron chi connectivity index (χ0n) is 17.3. The molecule has 164 valence electrons. The number of amides is 1. The van der Waals surface area contributed by atoms with Crippen molar-refractivity contribution in [3.05, 3.63) is 74.5 Å². The Morgan fingerprint density at radius 1 is 1.03 bits per heavy atom. The minimum absolute atomic E-state index is 0.134. The van der Waals surface area contributed by atoms with Gasteiger partial charge in [-0.05, 0) is 55.7 Å². The van der Waals surface area contributed by atoms with Crippen molar-refractivity contribution < 1.29 is 4.79 Å². The number of piperidine rings is 1. The molecule has 0 spiro atoms. The van der Waals surface area contributed by atoms with E-state index in [9.17, 15) is 4.79 Å². The van der Waals surface area contributed by atoms with E-state index in [1.165, 1.54) is 6.42 Å². The number of carbonyl (C=O) groups excluding carboxylic acids is 1. The van der Waals surface area contributed by atoms with Gasteiger partial charge in [0.15, 0.2) is 0 Å². The lowest BCUT2D eigenvalue weighted by atomic mass is 10.1. The molecule has 1 unspecified atom stereocenters. The number of anilines is 1. The molecule has 1 fully saturated rings. The fourth-order valence-electron chi connectivity index (χ4n) is 4.16. The van der Waals surface area contributed by atoms with Gasteiger partial charge in [0, 0.05) is 45.1 Å². The van der Waals surface area contributed by atoms with Crippen molar-refractivity contribution in [3.8, 4) is 0 Å². The van der Waals surface area contributed by atoms with Gasteiger partial charge in [-0.3, -0.25) is 10.2 Å². The number of halogens is 3. The first-order chi connectivity index (χ1) is 15.0. The van der Waals surface area contributed by atoms with Crippen molar-refractivity contribution in [2.75, 3.05) is 18.0 Å². The monoisotopic (exact) mass is 478 g/mol. The molecule has 1 amide bonds. The summed E-state index contributed by atoms with van der Waals surface area (Å²) in [4.78, 5) is 15.4. The van der Waals surface area contributed by atoms with Crippen LogP contribution in [0.15, 0.2) is 53.9 Å². The first kappa shape index (κ1) is 22.3. The van der Waals surface area contributed by atoms with Gasteiger partial charge in [-0.15, -0.1) is 0 Å². The maximum Gasteiger partial charge on any atom is 0.283 e. The van der Waals surface area contributed by atoms with Gasteiger partial charge in [-0.25, -0.2) is 5.01 Å². The van der Waals surface area contributed by atoms with Crippen LogP contribution in [0, 0.1) is 0 Å². The third-order valence-corrected chi connectivity index (χ3v) is 6.47. The molecule has 2 aromatic carbocycles. The van der Waals surface area contributed by atoms with Gasteiger partial charge >= 0.3 is 0 Å². The van der Waals surface area contributed by atoms with Crippen LogP contribution < -0.4 is 15.6 Å². The van der Waals surface area contributed by atoms with Gasteiger partial charge < -0.3 is 10.2 Å². The van der Waals surface area contributed by atoms with Crippen LogP contribution in [-0.4, -0.2) is 24.0 Å². The van der Waals surface area contributed by atoms with E-state index in [0.29, 0.717) is 27.2 Å². The number of carbonyl (C=O) groups is 1. The summed E-state index contributed by atoms with van der Waals surface area (Å²) in [6.07, 6.45) is 3.71. The van der Waals surface area contributed by atoms with Crippen molar-refractivity contribution in [3.63, 3.8) is 0 Å². The zero-order valence-corrected chi connectivity index (χ0v) is 19.6. The molecular formula is C23H25Cl3N4O. The van der Waals surface area contributed by atoms with Crippen LogP contribution in [0.4, 0.5) is 5.69 Å². The Bertz CT molecular complexity index is 987. The minimum Gasteiger partial charge on any atom is -0.355 e. The molecule has 2 aromatic rings. The van der Waals surface area contributed by atoms with Gasteiger partial charge in [0.25, 0.3) is 5.91 Å². The molecule has 1 saturated heterocycles. The fraction of sp³-hybridized carbons (Fsp3) is 0.348. The smallest absolute Gasteiger partial charge is 0.283 e. The second-order valence-electron chi connectivity index (χ2n) is 7.72. The quantitative estimate of drug-likeness (QED) is 0.561. The van der Waals surface area contributed by atoms with Crippen LogP contribution >= 0.6 is 34.8 Å². The van der Waals surface area contributed by atoms with Gasteiger partial charge in [0.05, 0.1) is 0 Å². The van der Waals surface area contributed by atoms with Crippen molar-refractivity contribution in [2.24, 2.45) is 0 Å². The Balaban J connectivity index is 1.72. The lowest BCUT2D eigenvalue weighted by Gasteiger charge is -2.30. The second kappa shape index (κ2) is 9.70. The SMILES string of the molecule is CCC1=C(C(=O)NN2CCCCC2)NC(c2ccc(Cl)cc2Cl)N1c1ccc(Cl)cc1. The van der Waals surface area contributed by atoms with Crippen LogP contribution in [0.3, 0.4) is 0 Å². The summed E-state index contributed by atoms with van der Waals surface area (Å²) in [6, 6.07) is 13.0. The minimum atomic E-state index is -0.344. The molecule has 8 heteroatoms. The molecule has 1 atom stereocenters. The third-order valence-electron chi connectivity index (χ3n) is 5.66. The first-order valence-electron chi connectivity index (χ1n) is 10.5. The number of nitrogens with one attached hydrogen (secondary N) is 2. The summed E-state index contributed by atoms with van der Waals surface area (Å²) in [5, 5.41) is 7.19. The predicted molar refractivity (Wildman–Crippen MR) is 127 cm³/mol. The lowest BCUT2D eigenvalue weighted by Crippen LogP contribution is -2.47. The average Bonchev–Trinajstić information content (AvgIpc) is 3.14. The number of hydrogen-bond donors (Lipinski definition) is 2. The predicted octanol–water partition coefficient (Wildman–Crippen LogP) is 5.89. The maximum absolute atomic E-state index is 13.3. The molecule has 0 radical (unpaired) electrons. The maximum atomic E-state index is 13.3. The second-order valence-corrected chi connectivity index (χ2v) is 9.00. The van der Waals surface area contributed by atoms with Crippen molar-refractivity contribution in [2.45, 2.75) is 38.8 Å². The standard InChI is InChI=1S/C23H25Cl3N4O/c1-2-20-21(23(31)28-29-12-4-3-5-13-29)27-22(18-11-8-16(25)14-19(18)26)30(20)17-9-6-15(24)7-10-17/h6-11,14,22,27H,2-5,12-13H2,1H3,(H,28,31). The molecule has 0 aliphatic carbocycles. The summed E-state index contributed by atoms with van der Waals surface area (Å²) in [6.45, 7) is 3.78. The lowest BCUT2D eigenvalue weighted by molar-refractivity contribution is -0.123. The summed E-state index contributed by atoms with van der Waals surface area (Å²) in [7, 11) is 0. The normalized spacial score (nSPS) is 19.5. The Kier molecular flexibility index (Phi) is 6.97. The number of hydrogen-bond acceptors (Lipinski definition) is 4. The molecule has 2 aliphatic rings. The molecule has 2 N–H and O–H groups in total. The van der Waals surface area contributed by atoms with E-state index in [2.05, 4.69) is 15.6 Å². The van der Waals surface area contributed by atoms with E-state index >= 15 is 0 Å². The highest BCUT2D eigenvalue weighted by Gasteiger charge is 2.37. The van der Waals surface area contributed by atoms with Gasteiger partial charge in [-0.2, -0.15) is 0 Å². The highest BCUT2D eigenvalue weighted by atomic mass is 35.5. The summed E-state index contributed by atoms with van der Waals surface area (Å²) in [5.41, 5.74) is 6.29. The molecule has 0 saturated carbocycles. The van der Waals surface area contributed by atoms with Crippen LogP contribution in [-0.2, 0) is 4.79 Å². The number of benzene rings is 2. The van der Waals surface area contributed by atoms with Crippen LogP contribution in [0.25, 0.3) is 0 Å². The highest BCUT2D eigenvalue weighted by Crippen LogP contribution is 2.40. The van der Waals surface area contributed by atoms with Gasteiger partial charge in [-0.1, -0.05) is 54.2 Å². The highest BCUT2D eigenvalue weighted by molar-refractivity contribution is 6.35. The van der Waals surface area contributed by atoms with Crippen molar-refractivity contribution in [1.29, 1.82) is 0 Å². The Hall–Kier alpha value is -1.92. The third kappa shape index (κ3) is 4.80. The van der Waals surface area contributed by atoms with E-state index in [-0.39, 0.29) is 12.1 Å². The Morgan fingerprint density at radius 2 is 1.71 bits per heavy atom. The number of allylic oxidation sites excluding steroid dienone is 1. The molecule has 2 aliphatic heterocycles. The van der Waals surface area contributed by atoms with Crippen LogP contribution in [0.1, 0.15) is 44.3 Å². The molecule has 0 aromatic heterocycles. The zero-order chi connectivity index (χ0) is 22.0. The molecule has 2 heterocycles. The molecular weight excluding hydrogens is 455 g/mol. The van der Waals surface area contributed by atoms with Crippen LogP contribution in [0.2, 0.25) is 15.1 Å². The van der Waals surface area contributed by atoms with Crippen molar-refractivity contribution >= 4 is 46.4 Å². The molecule has 0 bridgehead atoms. The molecule has 5 nitrogen and oxygen atoms in total. The topological polar surface area (TPSA) is 47.6 Å². The van der Waals surface area contributed by atoms with E-state index in [1.807, 2.05) is 48.3 Å². The van der Waals surface area contributed by atoms with E-state index < -0.39 is 0 Å². The van der Waals surface area contributed by atoms with E-state index in [0.717, 1.165) is 42.9 Å².